The summed E-state index contributed by atoms with van der Waals surface area (Å²) in [6, 6.07) is 12.6. The Hall–Kier alpha value is -1.68. The van der Waals surface area contributed by atoms with Crippen molar-refractivity contribution in [1.82, 2.24) is 0 Å². The van der Waals surface area contributed by atoms with Gasteiger partial charge in [-0.15, -0.1) is 0 Å². The van der Waals surface area contributed by atoms with E-state index < -0.39 is 0 Å². The molecule has 0 aromatic heterocycles. The molecule has 0 fully saturated rings. The number of anilines is 1. The molecule has 21 heavy (non-hydrogen) atoms. The third-order valence-corrected chi connectivity index (χ3v) is 4.75. The maximum atomic E-state index is 13.9. The standard InChI is InChI=1S/C17H15BrFNO/c18-17(13-5-1-2-6-14(13)19)12-8-9-15-11(10-12)4-3-7-16(21)20-15/h1-2,5-6,8-10,17H,3-4,7H2,(H,20,21). The molecule has 3 rings (SSSR count). The van der Waals surface area contributed by atoms with E-state index in [4.69, 9.17) is 0 Å². The van der Waals surface area contributed by atoms with Crippen molar-refractivity contribution in [3.63, 3.8) is 0 Å². The lowest BCUT2D eigenvalue weighted by Crippen LogP contribution is -2.09. The molecular weight excluding hydrogens is 333 g/mol. The van der Waals surface area contributed by atoms with Crippen LogP contribution in [-0.4, -0.2) is 5.91 Å². The van der Waals surface area contributed by atoms with Gasteiger partial charge in [-0.25, -0.2) is 4.39 Å². The highest BCUT2D eigenvalue weighted by Gasteiger charge is 2.18. The van der Waals surface area contributed by atoms with E-state index >= 15 is 0 Å². The lowest BCUT2D eigenvalue weighted by atomic mass is 9.99. The van der Waals surface area contributed by atoms with E-state index in [2.05, 4.69) is 21.2 Å². The van der Waals surface area contributed by atoms with Gasteiger partial charge in [-0.05, 0) is 36.1 Å². The number of rotatable bonds is 2. The number of carbonyl (C=O) groups is 1. The average molecular weight is 348 g/mol. The second kappa shape index (κ2) is 5.98. The molecule has 0 radical (unpaired) electrons. The molecule has 2 aromatic carbocycles. The van der Waals surface area contributed by atoms with Gasteiger partial charge in [-0.2, -0.15) is 0 Å². The number of aryl methyl sites for hydroxylation is 1. The molecule has 1 atom stereocenters. The van der Waals surface area contributed by atoms with Gasteiger partial charge in [-0.3, -0.25) is 4.79 Å². The highest BCUT2D eigenvalue weighted by molar-refractivity contribution is 9.09. The molecule has 1 heterocycles. The average Bonchev–Trinajstić information content (AvgIpc) is 2.67. The molecule has 1 aliphatic rings. The van der Waals surface area contributed by atoms with E-state index in [-0.39, 0.29) is 16.6 Å². The number of halogens is 2. The number of amides is 1. The molecule has 0 bridgehead atoms. The molecule has 1 N–H and O–H groups in total. The van der Waals surface area contributed by atoms with Gasteiger partial charge in [0.15, 0.2) is 0 Å². The third kappa shape index (κ3) is 3.00. The second-order valence-electron chi connectivity index (χ2n) is 5.20. The fraction of sp³-hybridized carbons (Fsp3) is 0.235. The number of hydrogen-bond donors (Lipinski definition) is 1. The number of alkyl halides is 1. The van der Waals surface area contributed by atoms with Crippen LogP contribution in [0.1, 0.15) is 34.4 Å². The van der Waals surface area contributed by atoms with Crippen molar-refractivity contribution in [2.75, 3.05) is 5.32 Å². The molecule has 2 aromatic rings. The normalized spacial score (nSPS) is 15.8. The van der Waals surface area contributed by atoms with Crippen LogP contribution in [-0.2, 0) is 11.2 Å². The Morgan fingerprint density at radius 1 is 1.14 bits per heavy atom. The van der Waals surface area contributed by atoms with Gasteiger partial charge < -0.3 is 5.32 Å². The maximum absolute atomic E-state index is 13.9. The topological polar surface area (TPSA) is 29.1 Å². The number of hydrogen-bond acceptors (Lipinski definition) is 1. The minimum absolute atomic E-state index is 0.0611. The lowest BCUT2D eigenvalue weighted by molar-refractivity contribution is -0.116. The van der Waals surface area contributed by atoms with Crippen LogP contribution in [0.15, 0.2) is 42.5 Å². The smallest absolute Gasteiger partial charge is 0.224 e. The molecule has 108 valence electrons. The summed E-state index contributed by atoms with van der Waals surface area (Å²) in [4.78, 5) is 11.4. The SMILES string of the molecule is O=C1CCCc2cc(C(Br)c3ccccc3F)ccc2N1. The highest BCUT2D eigenvalue weighted by atomic mass is 79.9. The Labute approximate surface area is 131 Å². The third-order valence-electron chi connectivity index (χ3n) is 3.72. The summed E-state index contributed by atoms with van der Waals surface area (Å²) in [7, 11) is 0. The molecule has 1 unspecified atom stereocenters. The molecule has 0 aliphatic carbocycles. The Morgan fingerprint density at radius 2 is 1.95 bits per heavy atom. The monoisotopic (exact) mass is 347 g/mol. The van der Waals surface area contributed by atoms with E-state index in [0.717, 1.165) is 29.7 Å². The first kappa shape index (κ1) is 14.3. The number of nitrogens with one attached hydrogen (secondary N) is 1. The van der Waals surface area contributed by atoms with Gasteiger partial charge in [0.25, 0.3) is 0 Å². The van der Waals surface area contributed by atoms with E-state index in [1.807, 2.05) is 24.3 Å². The minimum atomic E-state index is -0.220. The molecule has 1 amide bonds. The van der Waals surface area contributed by atoms with Crippen molar-refractivity contribution in [3.8, 4) is 0 Å². The van der Waals surface area contributed by atoms with Crippen LogP contribution >= 0.6 is 15.9 Å². The molecule has 0 saturated heterocycles. The summed E-state index contributed by atoms with van der Waals surface area (Å²) < 4.78 is 13.9. The fourth-order valence-corrected chi connectivity index (χ4v) is 3.27. The number of benzene rings is 2. The van der Waals surface area contributed by atoms with Crippen molar-refractivity contribution >= 4 is 27.5 Å². The maximum Gasteiger partial charge on any atom is 0.224 e. The van der Waals surface area contributed by atoms with Crippen LogP contribution in [0.25, 0.3) is 0 Å². The zero-order chi connectivity index (χ0) is 14.8. The highest BCUT2D eigenvalue weighted by Crippen LogP contribution is 2.35. The van der Waals surface area contributed by atoms with E-state index in [9.17, 15) is 9.18 Å². The zero-order valence-electron chi connectivity index (χ0n) is 11.4. The van der Waals surface area contributed by atoms with Crippen LogP contribution in [0.5, 0.6) is 0 Å². The number of carbonyl (C=O) groups excluding carboxylic acids is 1. The van der Waals surface area contributed by atoms with E-state index in [0.29, 0.717) is 12.0 Å². The molecule has 4 heteroatoms. The molecular formula is C17H15BrFNO. The first-order chi connectivity index (χ1) is 10.1. The summed E-state index contributed by atoms with van der Waals surface area (Å²) in [6.07, 6.45) is 2.25. The Bertz CT molecular complexity index is 686. The molecule has 0 saturated carbocycles. The van der Waals surface area contributed by atoms with Crippen molar-refractivity contribution in [3.05, 3.63) is 65.0 Å². The second-order valence-corrected chi connectivity index (χ2v) is 6.12. The quantitative estimate of drug-likeness (QED) is 0.791. The number of fused-ring (bicyclic) bond motifs is 1. The minimum Gasteiger partial charge on any atom is -0.326 e. The summed E-state index contributed by atoms with van der Waals surface area (Å²) in [5.74, 6) is -0.159. The summed E-state index contributed by atoms with van der Waals surface area (Å²) >= 11 is 3.58. The van der Waals surface area contributed by atoms with Gasteiger partial charge in [0.05, 0.1) is 4.83 Å². The summed E-state index contributed by atoms with van der Waals surface area (Å²) in [5, 5.41) is 2.91. The van der Waals surface area contributed by atoms with Crippen LogP contribution < -0.4 is 5.32 Å². The van der Waals surface area contributed by atoms with Crippen LogP contribution in [0.3, 0.4) is 0 Å². The first-order valence-corrected chi connectivity index (χ1v) is 7.88. The van der Waals surface area contributed by atoms with Gasteiger partial charge in [0.2, 0.25) is 5.91 Å². The lowest BCUT2D eigenvalue weighted by Gasteiger charge is -2.15. The van der Waals surface area contributed by atoms with Crippen LogP contribution in [0, 0.1) is 5.82 Å². The van der Waals surface area contributed by atoms with Gasteiger partial charge in [-0.1, -0.05) is 46.3 Å². The van der Waals surface area contributed by atoms with Gasteiger partial charge in [0, 0.05) is 17.7 Å². The van der Waals surface area contributed by atoms with Gasteiger partial charge >= 0.3 is 0 Å². The summed E-state index contributed by atoms with van der Waals surface area (Å²) in [5.41, 5.74) is 3.60. The predicted octanol–water partition coefficient (Wildman–Crippen LogP) is 4.58. The zero-order valence-corrected chi connectivity index (χ0v) is 13.0. The molecule has 0 spiro atoms. The van der Waals surface area contributed by atoms with E-state index in [1.54, 1.807) is 12.1 Å². The fourth-order valence-electron chi connectivity index (χ4n) is 2.61. The summed E-state index contributed by atoms with van der Waals surface area (Å²) in [6.45, 7) is 0. The van der Waals surface area contributed by atoms with Crippen molar-refractivity contribution in [2.24, 2.45) is 0 Å². The van der Waals surface area contributed by atoms with E-state index in [1.165, 1.54) is 6.07 Å². The van der Waals surface area contributed by atoms with Crippen LogP contribution in [0.2, 0.25) is 0 Å². The molecule has 2 nitrogen and oxygen atoms in total. The van der Waals surface area contributed by atoms with Crippen molar-refractivity contribution in [2.45, 2.75) is 24.1 Å². The Morgan fingerprint density at radius 3 is 2.76 bits per heavy atom. The molecule has 1 aliphatic heterocycles. The van der Waals surface area contributed by atoms with Crippen LogP contribution in [0.4, 0.5) is 10.1 Å². The van der Waals surface area contributed by atoms with Crippen molar-refractivity contribution < 1.29 is 9.18 Å². The predicted molar refractivity (Wildman–Crippen MR) is 85.2 cm³/mol. The Balaban J connectivity index is 1.95. The largest absolute Gasteiger partial charge is 0.326 e. The first-order valence-electron chi connectivity index (χ1n) is 6.96. The van der Waals surface area contributed by atoms with Gasteiger partial charge in [0.1, 0.15) is 5.82 Å². The van der Waals surface area contributed by atoms with Crippen molar-refractivity contribution in [1.29, 1.82) is 0 Å². The Kier molecular flexibility index (Phi) is 4.06.